The lowest BCUT2D eigenvalue weighted by Gasteiger charge is -2.47. The van der Waals surface area contributed by atoms with Crippen LogP contribution in [0.4, 0.5) is 13.2 Å². The molecule has 12 heteroatoms. The van der Waals surface area contributed by atoms with Crippen molar-refractivity contribution in [1.29, 1.82) is 0 Å². The molecule has 0 radical (unpaired) electrons. The first-order valence-electron chi connectivity index (χ1n) is 9.04. The maximum Gasteiger partial charge on any atom is 0.417 e. The molecule has 0 aromatic heterocycles. The molecule has 28 heavy (non-hydrogen) atoms. The molecule has 2 aliphatic rings. The van der Waals surface area contributed by atoms with Crippen molar-refractivity contribution in [3.05, 3.63) is 0 Å². The highest BCUT2D eigenvalue weighted by Gasteiger charge is 2.64. The maximum atomic E-state index is 13.6. The van der Waals surface area contributed by atoms with Crippen molar-refractivity contribution < 1.29 is 46.2 Å². The SMILES string of the molecule is CC1(C)O[C@H]2[C@@H](O[Si](C)(C)C(C)(C)C)[C@@H](CP(=O)(O)O)O[C@@H](C(F)(F)F)[C@H]2O1. The Bertz CT molecular complexity index is 629. The number of ether oxygens (including phenoxy) is 3. The van der Waals surface area contributed by atoms with Crippen molar-refractivity contribution in [2.45, 2.75) is 95.2 Å². The van der Waals surface area contributed by atoms with Crippen molar-refractivity contribution in [3.8, 4) is 0 Å². The van der Waals surface area contributed by atoms with E-state index in [1.54, 1.807) is 0 Å². The zero-order chi connectivity index (χ0) is 21.9. The molecule has 0 aliphatic carbocycles. The zero-order valence-corrected chi connectivity index (χ0v) is 19.0. The molecule has 0 spiro atoms. The van der Waals surface area contributed by atoms with Crippen LogP contribution in [0.3, 0.4) is 0 Å². The predicted octanol–water partition coefficient (Wildman–Crippen LogP) is 3.40. The molecular formula is C16H30F3O7PSi. The van der Waals surface area contributed by atoms with Gasteiger partial charge in [0, 0.05) is 0 Å². The monoisotopic (exact) mass is 450 g/mol. The lowest BCUT2D eigenvalue weighted by atomic mass is 9.95. The summed E-state index contributed by atoms with van der Waals surface area (Å²) in [4.78, 5) is 18.8. The Morgan fingerprint density at radius 2 is 1.61 bits per heavy atom. The molecule has 2 N–H and O–H groups in total. The van der Waals surface area contributed by atoms with Crippen LogP contribution >= 0.6 is 7.60 Å². The van der Waals surface area contributed by atoms with Gasteiger partial charge in [0.25, 0.3) is 0 Å². The standard InChI is InChI=1S/C16H30F3O7PSi/c1-14(2,3)28(6,7)26-10-9(8-27(20,21)22)23-13(16(17,18)19)12-11(10)24-15(4,5)25-12/h9-13H,8H2,1-7H3,(H2,20,21,22)/t9-,10+,11+,12+,13-/m1/s1. The second-order valence-electron chi connectivity index (χ2n) is 9.39. The van der Waals surface area contributed by atoms with Crippen LogP contribution in [0.15, 0.2) is 0 Å². The summed E-state index contributed by atoms with van der Waals surface area (Å²) < 4.78 is 75.1. The summed E-state index contributed by atoms with van der Waals surface area (Å²) in [5, 5.41) is -0.287. The second-order valence-corrected chi connectivity index (χ2v) is 15.8. The minimum absolute atomic E-state index is 0.287. The Balaban J connectivity index is 2.47. The van der Waals surface area contributed by atoms with Gasteiger partial charge in [-0.3, -0.25) is 4.57 Å². The highest BCUT2D eigenvalue weighted by molar-refractivity contribution is 7.51. The van der Waals surface area contributed by atoms with Crippen molar-refractivity contribution in [1.82, 2.24) is 0 Å². The quantitative estimate of drug-likeness (QED) is 0.501. The van der Waals surface area contributed by atoms with E-state index in [1.165, 1.54) is 13.8 Å². The molecule has 2 heterocycles. The van der Waals surface area contributed by atoms with Gasteiger partial charge in [-0.25, -0.2) is 0 Å². The van der Waals surface area contributed by atoms with E-state index in [2.05, 4.69) is 0 Å². The van der Waals surface area contributed by atoms with E-state index in [4.69, 9.17) is 18.6 Å². The summed E-state index contributed by atoms with van der Waals surface area (Å²) in [6.45, 7) is 12.6. The summed E-state index contributed by atoms with van der Waals surface area (Å²) in [5.74, 6) is -1.31. The molecule has 0 unspecified atom stereocenters. The van der Waals surface area contributed by atoms with Crippen LogP contribution in [0.25, 0.3) is 0 Å². The van der Waals surface area contributed by atoms with Crippen LogP contribution in [0.2, 0.25) is 18.1 Å². The first-order valence-corrected chi connectivity index (χ1v) is 13.7. The van der Waals surface area contributed by atoms with E-state index < -0.39 is 64.6 Å². The lowest BCUT2D eigenvalue weighted by Crippen LogP contribution is -2.64. The molecule has 2 aliphatic heterocycles. The van der Waals surface area contributed by atoms with E-state index in [0.717, 1.165) is 0 Å². The topological polar surface area (TPSA) is 94.5 Å². The Kier molecular flexibility index (Phi) is 6.33. The van der Waals surface area contributed by atoms with Gasteiger partial charge in [0.15, 0.2) is 20.2 Å². The number of halogens is 3. The summed E-state index contributed by atoms with van der Waals surface area (Å²) in [6.07, 6.45) is -13.3. The van der Waals surface area contributed by atoms with E-state index >= 15 is 0 Å². The van der Waals surface area contributed by atoms with Gasteiger partial charge in [-0.05, 0) is 32.0 Å². The molecule has 0 bridgehead atoms. The van der Waals surface area contributed by atoms with Crippen molar-refractivity contribution in [2.75, 3.05) is 6.16 Å². The molecule has 2 rings (SSSR count). The average Bonchev–Trinajstić information content (AvgIpc) is 2.72. The normalized spacial score (nSPS) is 34.4. The Morgan fingerprint density at radius 3 is 2.04 bits per heavy atom. The fourth-order valence-corrected chi connectivity index (χ4v) is 5.25. The molecule has 0 saturated carbocycles. The maximum absolute atomic E-state index is 13.6. The number of hydrogen-bond donors (Lipinski definition) is 2. The second kappa shape index (κ2) is 7.30. The summed E-state index contributed by atoms with van der Waals surface area (Å²) in [5.41, 5.74) is 0. The molecule has 2 saturated heterocycles. The third-order valence-electron chi connectivity index (χ3n) is 5.45. The van der Waals surface area contributed by atoms with Gasteiger partial charge in [0.05, 0.1) is 12.3 Å². The van der Waals surface area contributed by atoms with E-state index in [9.17, 15) is 27.5 Å². The van der Waals surface area contributed by atoms with Gasteiger partial charge in [-0.15, -0.1) is 0 Å². The Labute approximate surface area is 164 Å². The number of alkyl halides is 3. The van der Waals surface area contributed by atoms with E-state index in [-0.39, 0.29) is 5.04 Å². The minimum Gasteiger partial charge on any atom is -0.408 e. The fraction of sp³-hybridized carbons (Fsp3) is 1.00. The third kappa shape index (κ3) is 5.37. The smallest absolute Gasteiger partial charge is 0.408 e. The van der Waals surface area contributed by atoms with Gasteiger partial charge in [0.2, 0.25) is 0 Å². The van der Waals surface area contributed by atoms with Crippen LogP contribution in [0.5, 0.6) is 0 Å². The Morgan fingerprint density at radius 1 is 1.11 bits per heavy atom. The number of rotatable bonds is 4. The fourth-order valence-electron chi connectivity index (χ4n) is 3.16. The molecule has 166 valence electrons. The van der Waals surface area contributed by atoms with Crippen LogP contribution < -0.4 is 0 Å². The molecule has 0 aromatic carbocycles. The van der Waals surface area contributed by atoms with Crippen molar-refractivity contribution in [2.24, 2.45) is 0 Å². The van der Waals surface area contributed by atoms with Crippen LogP contribution in [-0.4, -0.2) is 66.7 Å². The average molecular weight is 450 g/mol. The molecule has 2 fully saturated rings. The van der Waals surface area contributed by atoms with E-state index in [1.807, 2.05) is 33.9 Å². The summed E-state index contributed by atoms with van der Waals surface area (Å²) >= 11 is 0. The van der Waals surface area contributed by atoms with Gasteiger partial charge in [-0.1, -0.05) is 20.8 Å². The molecular weight excluding hydrogens is 420 g/mol. The summed E-state index contributed by atoms with van der Waals surface area (Å²) in [6, 6.07) is 0. The largest absolute Gasteiger partial charge is 0.417 e. The molecule has 0 amide bonds. The van der Waals surface area contributed by atoms with Gasteiger partial charge < -0.3 is 28.4 Å². The first-order chi connectivity index (χ1) is 12.2. The number of fused-ring (bicyclic) bond motifs is 1. The minimum atomic E-state index is -4.79. The first kappa shape index (κ1) is 24.3. The molecule has 5 atom stereocenters. The summed E-state index contributed by atoms with van der Waals surface area (Å²) in [7, 11) is -7.21. The highest BCUT2D eigenvalue weighted by atomic mass is 31.2. The molecule has 0 aromatic rings. The van der Waals surface area contributed by atoms with Crippen LogP contribution in [0, 0.1) is 0 Å². The van der Waals surface area contributed by atoms with Crippen molar-refractivity contribution in [3.63, 3.8) is 0 Å². The lowest BCUT2D eigenvalue weighted by molar-refractivity contribution is -0.290. The number of hydrogen-bond acceptors (Lipinski definition) is 5. The van der Waals surface area contributed by atoms with Crippen LogP contribution in [-0.2, 0) is 23.2 Å². The zero-order valence-electron chi connectivity index (χ0n) is 17.1. The van der Waals surface area contributed by atoms with E-state index in [0.29, 0.717) is 0 Å². The van der Waals surface area contributed by atoms with Gasteiger partial charge >= 0.3 is 13.8 Å². The van der Waals surface area contributed by atoms with Crippen LogP contribution in [0.1, 0.15) is 34.6 Å². The highest BCUT2D eigenvalue weighted by Crippen LogP contribution is 2.48. The predicted molar refractivity (Wildman–Crippen MR) is 97.5 cm³/mol. The molecule has 7 nitrogen and oxygen atoms in total. The third-order valence-corrected chi connectivity index (χ3v) is 10.8. The van der Waals surface area contributed by atoms with Crippen molar-refractivity contribution >= 4 is 15.9 Å². The Hall–Kier alpha value is -0.00312. The van der Waals surface area contributed by atoms with Gasteiger partial charge in [-0.2, -0.15) is 13.2 Å². The van der Waals surface area contributed by atoms with Gasteiger partial charge in [0.1, 0.15) is 18.3 Å².